The Morgan fingerprint density at radius 3 is 1.43 bits per heavy atom. The lowest BCUT2D eigenvalue weighted by Crippen LogP contribution is -2.59. The molecule has 13 nitrogen and oxygen atoms in total. The molecule has 5 amide bonds. The van der Waals surface area contributed by atoms with Gasteiger partial charge in [0.25, 0.3) is 5.91 Å². The number of phenols is 2. The third kappa shape index (κ3) is 12.6. The molecule has 0 unspecified atom stereocenters. The zero-order valence-electron chi connectivity index (χ0n) is 28.2. The minimum Gasteiger partial charge on any atom is -0.508 e. The monoisotopic (exact) mass is 674 g/mol. The number of nitrogens with zero attached hydrogens (tertiary/aromatic N) is 1. The van der Waals surface area contributed by atoms with Gasteiger partial charge in [-0.15, -0.1) is 0 Å². The highest BCUT2D eigenvalue weighted by molar-refractivity contribution is 5.99. The Bertz CT molecular complexity index is 1560. The van der Waals surface area contributed by atoms with Crippen LogP contribution < -0.4 is 27.0 Å². The van der Waals surface area contributed by atoms with E-state index in [0.717, 1.165) is 0 Å². The Hall–Kier alpha value is -5.46. The van der Waals surface area contributed by atoms with Gasteiger partial charge in [0.2, 0.25) is 23.6 Å². The highest BCUT2D eigenvalue weighted by Crippen LogP contribution is 2.15. The third-order valence-electron chi connectivity index (χ3n) is 7.66. The topological polar surface area (TPSA) is 213 Å². The van der Waals surface area contributed by atoms with Gasteiger partial charge in [0, 0.05) is 30.8 Å². The quantitative estimate of drug-likeness (QED) is 0.112. The molecule has 13 heteroatoms. The van der Waals surface area contributed by atoms with Crippen LogP contribution in [0.25, 0.3) is 0 Å². The minimum absolute atomic E-state index is 0.0127. The maximum absolute atomic E-state index is 13.9. The normalized spacial score (nSPS) is 13.5. The largest absolute Gasteiger partial charge is 0.508 e. The van der Waals surface area contributed by atoms with Gasteiger partial charge in [-0.05, 0) is 72.2 Å². The number of aromatic hydroxyl groups is 2. The van der Waals surface area contributed by atoms with Crippen LogP contribution in [0.5, 0.6) is 11.5 Å². The molecule has 3 aromatic rings. The molecule has 2 aromatic carbocycles. The Kier molecular flexibility index (Phi) is 14.1. The van der Waals surface area contributed by atoms with Gasteiger partial charge in [0.05, 0.1) is 0 Å². The molecule has 0 bridgehead atoms. The number of phenolic OH excluding ortho intramolecular Hbond substituents is 2. The number of benzene rings is 2. The van der Waals surface area contributed by atoms with Crippen LogP contribution in [0.15, 0.2) is 73.1 Å². The average molecular weight is 675 g/mol. The molecule has 1 aromatic heterocycles. The van der Waals surface area contributed by atoms with Crippen molar-refractivity contribution in [2.45, 2.75) is 77.5 Å². The van der Waals surface area contributed by atoms with E-state index in [-0.39, 0.29) is 48.2 Å². The van der Waals surface area contributed by atoms with Crippen LogP contribution in [0.3, 0.4) is 0 Å². The van der Waals surface area contributed by atoms with Crippen molar-refractivity contribution in [2.75, 3.05) is 0 Å². The first-order chi connectivity index (χ1) is 23.2. The summed E-state index contributed by atoms with van der Waals surface area (Å²) in [7, 11) is 0. The van der Waals surface area contributed by atoms with Crippen molar-refractivity contribution in [1.29, 1.82) is 0 Å². The van der Waals surface area contributed by atoms with E-state index in [9.17, 15) is 34.2 Å². The van der Waals surface area contributed by atoms with Gasteiger partial charge in [-0.2, -0.15) is 0 Å². The predicted molar refractivity (Wildman–Crippen MR) is 183 cm³/mol. The first-order valence-corrected chi connectivity index (χ1v) is 16.2. The fourth-order valence-corrected chi connectivity index (χ4v) is 5.14. The van der Waals surface area contributed by atoms with Gasteiger partial charge in [-0.1, -0.05) is 52.0 Å². The molecule has 0 aliphatic heterocycles. The predicted octanol–water partition coefficient (Wildman–Crippen LogP) is 2.11. The lowest BCUT2D eigenvalue weighted by Gasteiger charge is -2.27. The molecule has 8 N–H and O–H groups in total. The van der Waals surface area contributed by atoms with Crippen molar-refractivity contribution < 1.29 is 34.2 Å². The Morgan fingerprint density at radius 1 is 0.592 bits per heavy atom. The number of carbonyl (C=O) groups excluding carboxylic acids is 5. The molecule has 0 aliphatic carbocycles. The van der Waals surface area contributed by atoms with Gasteiger partial charge in [0.15, 0.2) is 0 Å². The number of aromatic nitrogens is 1. The lowest BCUT2D eigenvalue weighted by molar-refractivity contribution is -0.134. The molecule has 0 spiro atoms. The van der Waals surface area contributed by atoms with Gasteiger partial charge < -0.3 is 37.2 Å². The van der Waals surface area contributed by atoms with Crippen LogP contribution in [0, 0.1) is 11.8 Å². The van der Waals surface area contributed by atoms with E-state index < -0.39 is 53.7 Å². The summed E-state index contributed by atoms with van der Waals surface area (Å²) in [5.41, 5.74) is 7.11. The maximum atomic E-state index is 13.9. The second kappa shape index (κ2) is 18.2. The molecule has 49 heavy (non-hydrogen) atoms. The average Bonchev–Trinajstić information content (AvgIpc) is 3.05. The fraction of sp³-hybridized carbons (Fsp3) is 0.389. The van der Waals surface area contributed by atoms with E-state index in [2.05, 4.69) is 26.3 Å². The van der Waals surface area contributed by atoms with Crippen molar-refractivity contribution >= 4 is 29.5 Å². The summed E-state index contributed by atoms with van der Waals surface area (Å²) in [6, 6.07) is 10.9. The molecule has 262 valence electrons. The van der Waals surface area contributed by atoms with E-state index >= 15 is 0 Å². The lowest BCUT2D eigenvalue weighted by atomic mass is 9.99. The van der Waals surface area contributed by atoms with E-state index in [0.29, 0.717) is 17.5 Å². The van der Waals surface area contributed by atoms with Crippen molar-refractivity contribution in [2.24, 2.45) is 17.6 Å². The first kappa shape index (κ1) is 38.0. The van der Waals surface area contributed by atoms with Crippen LogP contribution in [0.4, 0.5) is 0 Å². The number of hydrogen-bond donors (Lipinski definition) is 7. The molecule has 3 rings (SSSR count). The minimum atomic E-state index is -1.17. The van der Waals surface area contributed by atoms with Crippen LogP contribution in [0.2, 0.25) is 0 Å². The second-order valence-corrected chi connectivity index (χ2v) is 12.8. The SMILES string of the molecule is CC(C)C[C@H](NC(=O)[C@H](Cc1ccc(O)cc1)NC(=O)[C@H](CC(C)C)NC(=O)[C@H](Cc1ccc(O)cc1)NC(=O)c1ccncc1)C(N)=O. The van der Waals surface area contributed by atoms with E-state index in [1.807, 2.05) is 27.7 Å². The van der Waals surface area contributed by atoms with Crippen LogP contribution in [0.1, 0.15) is 62.0 Å². The van der Waals surface area contributed by atoms with Crippen LogP contribution >= 0.6 is 0 Å². The maximum Gasteiger partial charge on any atom is 0.252 e. The molecular weight excluding hydrogens is 628 g/mol. The molecule has 4 atom stereocenters. The number of primary amides is 1. The first-order valence-electron chi connectivity index (χ1n) is 16.2. The van der Waals surface area contributed by atoms with Crippen LogP contribution in [-0.4, -0.2) is 68.9 Å². The van der Waals surface area contributed by atoms with Gasteiger partial charge >= 0.3 is 0 Å². The summed E-state index contributed by atoms with van der Waals surface area (Å²) in [6.45, 7) is 7.50. The summed E-state index contributed by atoms with van der Waals surface area (Å²) in [5.74, 6) is -3.12. The molecular formula is C36H46N6O7. The van der Waals surface area contributed by atoms with Crippen molar-refractivity contribution in [3.8, 4) is 11.5 Å². The molecule has 0 radical (unpaired) electrons. The van der Waals surface area contributed by atoms with Gasteiger partial charge in [0.1, 0.15) is 35.7 Å². The van der Waals surface area contributed by atoms with Gasteiger partial charge in [-0.3, -0.25) is 29.0 Å². The van der Waals surface area contributed by atoms with Crippen molar-refractivity contribution in [3.05, 3.63) is 89.7 Å². The Morgan fingerprint density at radius 2 is 0.980 bits per heavy atom. The van der Waals surface area contributed by atoms with Crippen LogP contribution in [-0.2, 0) is 32.0 Å². The highest BCUT2D eigenvalue weighted by atomic mass is 16.3. The number of carbonyl (C=O) groups is 5. The molecule has 1 heterocycles. The zero-order valence-corrected chi connectivity index (χ0v) is 28.2. The number of rotatable bonds is 17. The van der Waals surface area contributed by atoms with Gasteiger partial charge in [-0.25, -0.2) is 0 Å². The molecule has 0 aliphatic rings. The van der Waals surface area contributed by atoms with E-state index in [1.54, 1.807) is 24.3 Å². The van der Waals surface area contributed by atoms with E-state index in [1.165, 1.54) is 48.8 Å². The highest BCUT2D eigenvalue weighted by Gasteiger charge is 2.32. The number of hydrogen-bond acceptors (Lipinski definition) is 8. The summed E-state index contributed by atoms with van der Waals surface area (Å²) < 4.78 is 0. The second-order valence-electron chi connectivity index (χ2n) is 12.8. The summed E-state index contributed by atoms with van der Waals surface area (Å²) in [6.07, 6.45) is 3.46. The molecule has 0 saturated heterocycles. The van der Waals surface area contributed by atoms with Crippen molar-refractivity contribution in [1.82, 2.24) is 26.3 Å². The smallest absolute Gasteiger partial charge is 0.252 e. The summed E-state index contributed by atoms with van der Waals surface area (Å²) in [4.78, 5) is 70.4. The Labute approximate surface area is 286 Å². The molecule has 0 fully saturated rings. The number of nitrogens with one attached hydrogen (secondary N) is 4. The fourth-order valence-electron chi connectivity index (χ4n) is 5.14. The number of amides is 5. The summed E-state index contributed by atoms with van der Waals surface area (Å²) >= 11 is 0. The van der Waals surface area contributed by atoms with Crippen molar-refractivity contribution in [3.63, 3.8) is 0 Å². The number of nitrogens with two attached hydrogens (primary N) is 1. The standard InChI is InChI=1S/C36H46N6O7/c1-21(2)17-28(32(37)45)39-35(48)31(20-24-7-11-27(44)12-8-24)42-34(47)29(18-22(3)4)41-36(49)30(19-23-5-9-26(43)10-6-23)40-33(46)25-13-15-38-16-14-25/h5-16,21-22,28-31,43-44H,17-20H2,1-4H3,(H2,37,45)(H,39,48)(H,40,46)(H,41,49)(H,42,47)/t28-,29-,30-,31-/m0/s1. The number of pyridine rings is 1. The zero-order chi connectivity index (χ0) is 36.1. The Balaban J connectivity index is 1.87. The molecule has 0 saturated carbocycles. The van der Waals surface area contributed by atoms with E-state index in [4.69, 9.17) is 5.73 Å². The summed E-state index contributed by atoms with van der Waals surface area (Å²) in [5, 5.41) is 30.4. The third-order valence-corrected chi connectivity index (χ3v) is 7.66.